The van der Waals surface area contributed by atoms with E-state index in [4.69, 9.17) is 9.47 Å². The Bertz CT molecular complexity index is 569. The van der Waals surface area contributed by atoms with Gasteiger partial charge < -0.3 is 14.4 Å². The predicted molar refractivity (Wildman–Crippen MR) is 75.1 cm³/mol. The second-order valence-electron chi connectivity index (χ2n) is 6.55. The first kappa shape index (κ1) is 13.3. The Balaban J connectivity index is 1.54. The molecule has 1 aromatic rings. The van der Waals surface area contributed by atoms with E-state index in [1.54, 1.807) is 0 Å². The fraction of sp³-hybridized carbons (Fsp3) is 0.733. The van der Waals surface area contributed by atoms with E-state index in [1.165, 1.54) is 0 Å². The molecule has 0 aliphatic carbocycles. The van der Waals surface area contributed by atoms with Gasteiger partial charge in [-0.25, -0.2) is 0 Å². The number of likely N-dealkylation sites (tertiary alicyclic amines) is 1. The zero-order valence-corrected chi connectivity index (χ0v) is 12.5. The first-order chi connectivity index (χ1) is 10.1. The number of aromatic nitrogens is 2. The standard InChI is InChI=1S/C15H21N3O3/c1-9-6-11-12(10(2)21-9)16-17-13(11)14(19)18-7-15(8-18)4-3-5-20-15/h9-10H,3-8H2,1-2H3,(H,16,17)/t9-,10+/m1/s1. The van der Waals surface area contributed by atoms with Crippen LogP contribution in [0.5, 0.6) is 0 Å². The van der Waals surface area contributed by atoms with E-state index in [9.17, 15) is 4.79 Å². The molecule has 0 radical (unpaired) electrons. The van der Waals surface area contributed by atoms with Gasteiger partial charge in [-0.15, -0.1) is 0 Å². The van der Waals surface area contributed by atoms with E-state index < -0.39 is 0 Å². The summed E-state index contributed by atoms with van der Waals surface area (Å²) in [5, 5.41) is 7.25. The van der Waals surface area contributed by atoms with E-state index in [0.29, 0.717) is 18.8 Å². The summed E-state index contributed by atoms with van der Waals surface area (Å²) in [5.41, 5.74) is 2.48. The molecule has 2 saturated heterocycles. The summed E-state index contributed by atoms with van der Waals surface area (Å²) >= 11 is 0. The van der Waals surface area contributed by atoms with Gasteiger partial charge in [-0.3, -0.25) is 9.89 Å². The third-order valence-corrected chi connectivity index (χ3v) is 4.87. The molecule has 3 aliphatic heterocycles. The summed E-state index contributed by atoms with van der Waals surface area (Å²) in [5.74, 6) is 0.0231. The number of nitrogens with one attached hydrogen (secondary N) is 1. The van der Waals surface area contributed by atoms with Crippen molar-refractivity contribution in [2.24, 2.45) is 0 Å². The molecule has 3 aliphatic rings. The van der Waals surface area contributed by atoms with Crippen LogP contribution in [0.1, 0.15) is 54.5 Å². The maximum atomic E-state index is 12.7. The van der Waals surface area contributed by atoms with E-state index in [-0.39, 0.29) is 23.7 Å². The molecular formula is C15H21N3O3. The van der Waals surface area contributed by atoms with Gasteiger partial charge >= 0.3 is 0 Å². The molecule has 1 aromatic heterocycles. The Morgan fingerprint density at radius 1 is 1.43 bits per heavy atom. The first-order valence-corrected chi connectivity index (χ1v) is 7.74. The van der Waals surface area contributed by atoms with Crippen LogP contribution in [0.25, 0.3) is 0 Å². The molecule has 0 aromatic carbocycles. The lowest BCUT2D eigenvalue weighted by Gasteiger charge is -2.46. The van der Waals surface area contributed by atoms with E-state index in [2.05, 4.69) is 10.2 Å². The topological polar surface area (TPSA) is 67.5 Å². The molecule has 1 N–H and O–H groups in total. The summed E-state index contributed by atoms with van der Waals surface area (Å²) in [7, 11) is 0. The molecule has 0 unspecified atom stereocenters. The van der Waals surface area contributed by atoms with Crippen molar-refractivity contribution in [2.75, 3.05) is 19.7 Å². The van der Waals surface area contributed by atoms with Crippen molar-refractivity contribution in [3.63, 3.8) is 0 Å². The largest absolute Gasteiger partial charge is 0.371 e. The zero-order valence-electron chi connectivity index (χ0n) is 12.5. The van der Waals surface area contributed by atoms with Gasteiger partial charge in [-0.1, -0.05) is 0 Å². The Hall–Kier alpha value is -1.40. The number of carbonyl (C=O) groups excluding carboxylic acids is 1. The number of hydrogen-bond donors (Lipinski definition) is 1. The highest BCUT2D eigenvalue weighted by Gasteiger charge is 2.49. The van der Waals surface area contributed by atoms with Crippen molar-refractivity contribution < 1.29 is 14.3 Å². The van der Waals surface area contributed by atoms with Gasteiger partial charge in [0.1, 0.15) is 5.60 Å². The van der Waals surface area contributed by atoms with Crippen molar-refractivity contribution in [2.45, 2.75) is 50.9 Å². The molecule has 0 saturated carbocycles. The molecule has 2 fully saturated rings. The highest BCUT2D eigenvalue weighted by molar-refractivity contribution is 5.94. The normalized spacial score (nSPS) is 30.3. The lowest BCUT2D eigenvalue weighted by molar-refractivity contribution is -0.0951. The number of ether oxygens (including phenoxy) is 2. The Morgan fingerprint density at radius 2 is 2.24 bits per heavy atom. The minimum absolute atomic E-state index is 0.0231. The molecule has 4 heterocycles. The highest BCUT2D eigenvalue weighted by Crippen LogP contribution is 2.37. The Morgan fingerprint density at radius 3 is 2.95 bits per heavy atom. The van der Waals surface area contributed by atoms with Crippen molar-refractivity contribution >= 4 is 5.91 Å². The van der Waals surface area contributed by atoms with Crippen LogP contribution in [-0.4, -0.2) is 52.4 Å². The average molecular weight is 291 g/mol. The van der Waals surface area contributed by atoms with Crippen LogP contribution in [0.15, 0.2) is 0 Å². The first-order valence-electron chi connectivity index (χ1n) is 7.74. The zero-order chi connectivity index (χ0) is 14.6. The van der Waals surface area contributed by atoms with Gasteiger partial charge in [0.15, 0.2) is 5.69 Å². The summed E-state index contributed by atoms with van der Waals surface area (Å²) < 4.78 is 11.5. The smallest absolute Gasteiger partial charge is 0.274 e. The van der Waals surface area contributed by atoms with Crippen molar-refractivity contribution in [3.05, 3.63) is 17.0 Å². The van der Waals surface area contributed by atoms with Crippen LogP contribution in [0.3, 0.4) is 0 Å². The number of H-pyrrole nitrogens is 1. The second-order valence-corrected chi connectivity index (χ2v) is 6.55. The van der Waals surface area contributed by atoms with Crippen molar-refractivity contribution in [3.8, 4) is 0 Å². The second kappa shape index (κ2) is 4.55. The van der Waals surface area contributed by atoms with Crippen molar-refractivity contribution in [1.82, 2.24) is 15.1 Å². The monoisotopic (exact) mass is 291 g/mol. The van der Waals surface area contributed by atoms with Crippen LogP contribution in [0.2, 0.25) is 0 Å². The number of nitrogens with zero attached hydrogens (tertiary/aromatic N) is 2. The van der Waals surface area contributed by atoms with Crippen LogP contribution >= 0.6 is 0 Å². The lowest BCUT2D eigenvalue weighted by atomic mass is 9.90. The molecule has 6 nitrogen and oxygen atoms in total. The molecule has 21 heavy (non-hydrogen) atoms. The minimum Gasteiger partial charge on any atom is -0.371 e. The van der Waals surface area contributed by atoms with Gasteiger partial charge in [0.2, 0.25) is 0 Å². The summed E-state index contributed by atoms with van der Waals surface area (Å²) in [6.07, 6.45) is 3.01. The van der Waals surface area contributed by atoms with Crippen LogP contribution in [0, 0.1) is 0 Å². The maximum Gasteiger partial charge on any atom is 0.274 e. The molecule has 4 rings (SSSR count). The van der Waals surface area contributed by atoms with Gasteiger partial charge in [0.25, 0.3) is 5.91 Å². The maximum absolute atomic E-state index is 12.7. The van der Waals surface area contributed by atoms with Gasteiger partial charge in [0.05, 0.1) is 31.0 Å². The molecular weight excluding hydrogens is 270 g/mol. The number of aromatic amines is 1. The minimum atomic E-state index is -0.0598. The summed E-state index contributed by atoms with van der Waals surface area (Å²) in [6.45, 7) is 6.26. The van der Waals surface area contributed by atoms with Gasteiger partial charge in [-0.05, 0) is 26.7 Å². The predicted octanol–water partition coefficient (Wildman–Crippen LogP) is 1.44. The quantitative estimate of drug-likeness (QED) is 0.850. The van der Waals surface area contributed by atoms with E-state index in [0.717, 1.165) is 37.1 Å². The van der Waals surface area contributed by atoms with E-state index >= 15 is 0 Å². The van der Waals surface area contributed by atoms with Crippen LogP contribution < -0.4 is 0 Å². The number of amides is 1. The fourth-order valence-electron chi connectivity index (χ4n) is 3.80. The third kappa shape index (κ3) is 2.00. The average Bonchev–Trinajstić information content (AvgIpc) is 3.02. The summed E-state index contributed by atoms with van der Waals surface area (Å²) in [6, 6.07) is 0. The fourth-order valence-corrected chi connectivity index (χ4v) is 3.80. The highest BCUT2D eigenvalue weighted by atomic mass is 16.5. The number of rotatable bonds is 1. The summed E-state index contributed by atoms with van der Waals surface area (Å²) in [4.78, 5) is 14.5. The van der Waals surface area contributed by atoms with Gasteiger partial charge in [0, 0.05) is 18.6 Å². The Kier molecular flexibility index (Phi) is 2.87. The SMILES string of the molecule is C[C@@H]1Cc2c(C(=O)N3CC4(CCCO4)C3)n[nH]c2[C@H](C)O1. The molecule has 0 bridgehead atoms. The third-order valence-electron chi connectivity index (χ3n) is 4.87. The van der Waals surface area contributed by atoms with Crippen LogP contribution in [0.4, 0.5) is 0 Å². The molecule has 114 valence electrons. The number of fused-ring (bicyclic) bond motifs is 1. The van der Waals surface area contributed by atoms with Gasteiger partial charge in [-0.2, -0.15) is 5.10 Å². The van der Waals surface area contributed by atoms with Crippen LogP contribution in [-0.2, 0) is 15.9 Å². The number of hydrogen-bond acceptors (Lipinski definition) is 4. The number of carbonyl (C=O) groups is 1. The lowest BCUT2D eigenvalue weighted by Crippen LogP contribution is -2.63. The molecule has 6 heteroatoms. The van der Waals surface area contributed by atoms with Crippen molar-refractivity contribution in [1.29, 1.82) is 0 Å². The Labute approximate surface area is 123 Å². The molecule has 1 amide bonds. The molecule has 2 atom stereocenters. The van der Waals surface area contributed by atoms with E-state index in [1.807, 2.05) is 18.7 Å². The molecule has 1 spiro atoms.